The highest BCUT2D eigenvalue weighted by Gasteiger charge is 2.39. The van der Waals surface area contributed by atoms with Gasteiger partial charge >= 0.3 is 6.18 Å². The molecule has 0 spiro atoms. The number of amides is 1. The van der Waals surface area contributed by atoms with Crippen molar-refractivity contribution >= 4 is 23.4 Å². The average molecular weight is 268 g/mol. The van der Waals surface area contributed by atoms with Gasteiger partial charge in [0.1, 0.15) is 0 Å². The molecule has 19 heavy (non-hydrogen) atoms. The van der Waals surface area contributed by atoms with Crippen molar-refractivity contribution in [3.63, 3.8) is 0 Å². The smallest absolute Gasteiger partial charge is 0.370 e. The van der Waals surface area contributed by atoms with E-state index in [4.69, 9.17) is 0 Å². The number of carbonyl (C=O) groups is 1. The van der Waals surface area contributed by atoms with Crippen LogP contribution in [0.15, 0.2) is 12.1 Å². The molecule has 3 nitrogen and oxygen atoms in total. The van der Waals surface area contributed by atoms with Crippen molar-refractivity contribution in [2.45, 2.75) is 12.6 Å². The van der Waals surface area contributed by atoms with Gasteiger partial charge in [-0.15, -0.1) is 0 Å². The number of hydrogen-bond acceptors (Lipinski definition) is 2. The maximum Gasteiger partial charge on any atom is 0.418 e. The highest BCUT2D eigenvalue weighted by molar-refractivity contribution is 6.03. The third-order valence-corrected chi connectivity index (χ3v) is 3.44. The van der Waals surface area contributed by atoms with E-state index in [1.54, 1.807) is 18.0 Å². The number of carbonyl (C=O) groups excluding carboxylic acids is 1. The Bertz CT molecular complexity index is 605. The normalized spacial score (nSPS) is 17.3. The Hall–Kier alpha value is -1.98. The van der Waals surface area contributed by atoms with Crippen LogP contribution in [0.1, 0.15) is 16.7 Å². The minimum Gasteiger partial charge on any atom is -0.370 e. The van der Waals surface area contributed by atoms with Crippen LogP contribution in [0.3, 0.4) is 0 Å². The molecule has 0 radical (unpaired) electrons. The Labute approximate surface area is 107 Å². The standard InChI is InChI=1S/C13H11F3N2O/c1-18-4-2-3-7-8-5-11(19)17-12(8)9(6-10(7)18)13(14,15)16/h2-3,6H,4-5H2,1H3,(H,17,19). The lowest BCUT2D eigenvalue weighted by Gasteiger charge is -2.27. The Morgan fingerprint density at radius 2 is 2.11 bits per heavy atom. The van der Waals surface area contributed by atoms with E-state index in [0.29, 0.717) is 23.4 Å². The fourth-order valence-electron chi connectivity index (χ4n) is 2.56. The van der Waals surface area contributed by atoms with E-state index in [9.17, 15) is 18.0 Å². The molecule has 0 aliphatic carbocycles. The number of benzene rings is 1. The van der Waals surface area contributed by atoms with Crippen LogP contribution < -0.4 is 10.2 Å². The van der Waals surface area contributed by atoms with Crippen molar-refractivity contribution < 1.29 is 18.0 Å². The van der Waals surface area contributed by atoms with Crippen molar-refractivity contribution in [2.24, 2.45) is 0 Å². The van der Waals surface area contributed by atoms with Gasteiger partial charge in [0.2, 0.25) is 5.91 Å². The zero-order valence-corrected chi connectivity index (χ0v) is 10.1. The first-order valence-electron chi connectivity index (χ1n) is 5.82. The second-order valence-electron chi connectivity index (χ2n) is 4.72. The number of anilines is 2. The first kappa shape index (κ1) is 12.1. The van der Waals surface area contributed by atoms with Crippen LogP contribution in [0.25, 0.3) is 6.08 Å². The third kappa shape index (κ3) is 1.78. The van der Waals surface area contributed by atoms with Crippen molar-refractivity contribution in [1.82, 2.24) is 0 Å². The summed E-state index contributed by atoms with van der Waals surface area (Å²) in [5, 5.41) is 2.33. The van der Waals surface area contributed by atoms with Crippen molar-refractivity contribution in [1.29, 1.82) is 0 Å². The summed E-state index contributed by atoms with van der Waals surface area (Å²) in [5.74, 6) is -0.393. The van der Waals surface area contributed by atoms with Gasteiger partial charge in [0, 0.05) is 24.8 Å². The first-order chi connectivity index (χ1) is 8.88. The van der Waals surface area contributed by atoms with E-state index < -0.39 is 17.6 Å². The van der Waals surface area contributed by atoms with Gasteiger partial charge in [-0.05, 0) is 11.6 Å². The van der Waals surface area contributed by atoms with E-state index in [1.807, 2.05) is 6.08 Å². The molecule has 6 heteroatoms. The molecule has 0 atom stereocenters. The number of nitrogens with zero attached hydrogens (tertiary/aromatic N) is 1. The number of nitrogens with one attached hydrogen (secondary N) is 1. The molecule has 1 aromatic rings. The number of fused-ring (bicyclic) bond motifs is 3. The van der Waals surface area contributed by atoms with Gasteiger partial charge in [-0.25, -0.2) is 0 Å². The number of likely N-dealkylation sites (N-methyl/N-ethyl adjacent to an activating group) is 1. The summed E-state index contributed by atoms with van der Waals surface area (Å²) in [6, 6.07) is 1.11. The molecule has 0 fully saturated rings. The fourth-order valence-corrected chi connectivity index (χ4v) is 2.56. The number of hydrogen-bond donors (Lipinski definition) is 1. The number of alkyl halides is 3. The molecular formula is C13H11F3N2O. The minimum atomic E-state index is -4.47. The lowest BCUT2D eigenvalue weighted by Crippen LogP contribution is -2.22. The molecule has 3 rings (SSSR count). The van der Waals surface area contributed by atoms with Crippen molar-refractivity contribution in [3.8, 4) is 0 Å². The zero-order chi connectivity index (χ0) is 13.8. The minimum absolute atomic E-state index is 0.000231. The van der Waals surface area contributed by atoms with E-state index in [1.165, 1.54) is 0 Å². The van der Waals surface area contributed by atoms with Crippen LogP contribution in [-0.4, -0.2) is 19.5 Å². The molecule has 1 N–H and O–H groups in total. The summed E-state index contributed by atoms with van der Waals surface area (Å²) in [6.45, 7) is 0.560. The molecule has 0 aromatic heterocycles. The lowest BCUT2D eigenvalue weighted by molar-refractivity contribution is -0.136. The first-order valence-corrected chi connectivity index (χ1v) is 5.82. The molecular weight excluding hydrogens is 257 g/mol. The Balaban J connectivity index is 2.30. The van der Waals surface area contributed by atoms with Gasteiger partial charge in [-0.1, -0.05) is 12.2 Å². The predicted octanol–water partition coefficient (Wildman–Crippen LogP) is 2.66. The van der Waals surface area contributed by atoms with Crippen LogP contribution in [-0.2, 0) is 17.4 Å². The van der Waals surface area contributed by atoms with E-state index in [0.717, 1.165) is 6.07 Å². The Kier molecular flexibility index (Phi) is 2.39. The second-order valence-corrected chi connectivity index (χ2v) is 4.72. The highest BCUT2D eigenvalue weighted by atomic mass is 19.4. The van der Waals surface area contributed by atoms with Crippen LogP contribution >= 0.6 is 0 Å². The van der Waals surface area contributed by atoms with Gasteiger partial charge in [-0.2, -0.15) is 13.2 Å². The van der Waals surface area contributed by atoms with Crippen molar-refractivity contribution in [2.75, 3.05) is 23.8 Å². The Morgan fingerprint density at radius 3 is 2.79 bits per heavy atom. The molecule has 100 valence electrons. The van der Waals surface area contributed by atoms with Gasteiger partial charge in [-0.3, -0.25) is 4.79 Å². The zero-order valence-electron chi connectivity index (χ0n) is 10.1. The van der Waals surface area contributed by atoms with Crippen LogP contribution in [0, 0.1) is 0 Å². The molecule has 1 aromatic carbocycles. The summed E-state index contributed by atoms with van der Waals surface area (Å²) in [4.78, 5) is 13.2. The molecule has 0 saturated heterocycles. The average Bonchev–Trinajstić information content (AvgIpc) is 2.68. The maximum atomic E-state index is 13.1. The monoisotopic (exact) mass is 268 g/mol. The topological polar surface area (TPSA) is 32.3 Å². The van der Waals surface area contributed by atoms with Crippen LogP contribution in [0.5, 0.6) is 0 Å². The molecule has 2 heterocycles. The second kappa shape index (κ2) is 3.76. The predicted molar refractivity (Wildman–Crippen MR) is 66.1 cm³/mol. The highest BCUT2D eigenvalue weighted by Crippen LogP contribution is 2.45. The van der Waals surface area contributed by atoms with Crippen LogP contribution in [0.2, 0.25) is 0 Å². The summed E-state index contributed by atoms with van der Waals surface area (Å²) in [7, 11) is 1.74. The number of rotatable bonds is 0. The van der Waals surface area contributed by atoms with E-state index in [2.05, 4.69) is 5.32 Å². The van der Waals surface area contributed by atoms with Gasteiger partial charge in [0.25, 0.3) is 0 Å². The van der Waals surface area contributed by atoms with Gasteiger partial charge in [0.05, 0.1) is 17.7 Å². The van der Waals surface area contributed by atoms with Gasteiger partial charge < -0.3 is 10.2 Å². The van der Waals surface area contributed by atoms with Gasteiger partial charge in [0.15, 0.2) is 0 Å². The van der Waals surface area contributed by atoms with E-state index >= 15 is 0 Å². The summed E-state index contributed by atoms with van der Waals surface area (Å²) >= 11 is 0. The molecule has 2 aliphatic rings. The summed E-state index contributed by atoms with van der Waals surface area (Å²) < 4.78 is 39.2. The Morgan fingerprint density at radius 1 is 1.37 bits per heavy atom. The van der Waals surface area contributed by atoms with E-state index in [-0.39, 0.29) is 12.1 Å². The van der Waals surface area contributed by atoms with Crippen molar-refractivity contribution in [3.05, 3.63) is 28.8 Å². The summed E-state index contributed by atoms with van der Waals surface area (Å²) in [6.07, 6.45) is -0.814. The molecule has 2 aliphatic heterocycles. The quantitative estimate of drug-likeness (QED) is 0.784. The largest absolute Gasteiger partial charge is 0.418 e. The molecule has 1 amide bonds. The maximum absolute atomic E-state index is 13.1. The lowest BCUT2D eigenvalue weighted by atomic mass is 9.95. The third-order valence-electron chi connectivity index (χ3n) is 3.44. The molecule has 0 saturated carbocycles. The van der Waals surface area contributed by atoms with Crippen LogP contribution in [0.4, 0.5) is 24.5 Å². The SMILES string of the molecule is CN1CC=Cc2c1cc(C(F)(F)F)c1c2CC(=O)N1. The molecule has 0 bridgehead atoms. The fraction of sp³-hybridized carbons (Fsp3) is 0.308. The summed E-state index contributed by atoms with van der Waals surface area (Å²) in [5.41, 5.74) is 0.809. The number of halogens is 3. The molecule has 0 unspecified atom stereocenters.